The van der Waals surface area contributed by atoms with Crippen LogP contribution in [0.15, 0.2) is 42.9 Å². The van der Waals surface area contributed by atoms with E-state index in [0.717, 1.165) is 40.0 Å². The lowest BCUT2D eigenvalue weighted by atomic mass is 10.2. The predicted molar refractivity (Wildman–Crippen MR) is 95.2 cm³/mol. The van der Waals surface area contributed by atoms with Gasteiger partial charge in [0, 0.05) is 29.9 Å². The van der Waals surface area contributed by atoms with Gasteiger partial charge in [-0.3, -0.25) is 9.78 Å². The molecule has 128 valence electrons. The first kappa shape index (κ1) is 14.7. The van der Waals surface area contributed by atoms with E-state index in [1.807, 2.05) is 41.3 Å². The molecule has 0 aliphatic carbocycles. The van der Waals surface area contributed by atoms with Gasteiger partial charge in [-0.1, -0.05) is 5.21 Å². The van der Waals surface area contributed by atoms with Crippen LogP contribution in [-0.4, -0.2) is 44.9 Å². The standard InChI is InChI=1S/C17H15N9/c1-2-25-9-11(8-19-25)13-5-6-14-17(20-13)26(24-22-14)10-15-12-4-3-7-18-16(12)23-21-15/h3-9H,2,10H2,1H3,(H,18,21,23). The normalized spacial score (nSPS) is 11.6. The van der Waals surface area contributed by atoms with Crippen LogP contribution in [0.25, 0.3) is 33.5 Å². The average Bonchev–Trinajstić information content (AvgIpc) is 3.41. The van der Waals surface area contributed by atoms with Gasteiger partial charge in [0.1, 0.15) is 5.52 Å². The second kappa shape index (κ2) is 5.73. The Labute approximate surface area is 147 Å². The second-order valence-corrected chi connectivity index (χ2v) is 5.95. The van der Waals surface area contributed by atoms with Crippen molar-refractivity contribution in [3.63, 3.8) is 0 Å². The first-order valence-corrected chi connectivity index (χ1v) is 8.33. The third kappa shape index (κ3) is 2.32. The Morgan fingerprint density at radius 3 is 3.04 bits per heavy atom. The van der Waals surface area contributed by atoms with E-state index in [-0.39, 0.29) is 0 Å². The van der Waals surface area contributed by atoms with Gasteiger partial charge in [0.15, 0.2) is 11.3 Å². The van der Waals surface area contributed by atoms with Crippen LogP contribution >= 0.6 is 0 Å². The fraction of sp³-hybridized carbons (Fsp3) is 0.176. The number of aromatic amines is 1. The van der Waals surface area contributed by atoms with Crippen LogP contribution in [0.4, 0.5) is 0 Å². The van der Waals surface area contributed by atoms with Crippen molar-refractivity contribution in [2.75, 3.05) is 0 Å². The minimum atomic E-state index is 0.489. The Bertz CT molecular complexity index is 1210. The molecule has 5 heterocycles. The minimum Gasteiger partial charge on any atom is -0.278 e. The SMILES string of the molecule is CCn1cc(-c2ccc3nnn(Cc4[nH]nc5ncccc45)c3n2)cn1. The Kier molecular flexibility index (Phi) is 3.24. The molecule has 26 heavy (non-hydrogen) atoms. The van der Waals surface area contributed by atoms with Crippen molar-refractivity contribution in [3.8, 4) is 11.3 Å². The number of pyridine rings is 2. The lowest BCUT2D eigenvalue weighted by Gasteiger charge is -2.02. The quantitative estimate of drug-likeness (QED) is 0.534. The highest BCUT2D eigenvalue weighted by Crippen LogP contribution is 2.21. The van der Waals surface area contributed by atoms with Crippen molar-refractivity contribution < 1.29 is 0 Å². The summed E-state index contributed by atoms with van der Waals surface area (Å²) in [7, 11) is 0. The molecule has 5 aromatic rings. The molecule has 0 radical (unpaired) electrons. The van der Waals surface area contributed by atoms with Crippen molar-refractivity contribution in [2.24, 2.45) is 0 Å². The molecule has 5 rings (SSSR count). The summed E-state index contributed by atoms with van der Waals surface area (Å²) in [5, 5.41) is 21.0. The first-order valence-electron chi connectivity index (χ1n) is 8.33. The number of aromatic nitrogens is 9. The highest BCUT2D eigenvalue weighted by molar-refractivity contribution is 5.78. The molecule has 5 aromatic heterocycles. The summed E-state index contributed by atoms with van der Waals surface area (Å²) in [6.07, 6.45) is 5.53. The summed E-state index contributed by atoms with van der Waals surface area (Å²) >= 11 is 0. The number of hydrogen-bond donors (Lipinski definition) is 1. The van der Waals surface area contributed by atoms with E-state index in [1.54, 1.807) is 10.9 Å². The van der Waals surface area contributed by atoms with Crippen molar-refractivity contribution in [2.45, 2.75) is 20.0 Å². The van der Waals surface area contributed by atoms with Crippen molar-refractivity contribution in [1.29, 1.82) is 0 Å². The summed E-state index contributed by atoms with van der Waals surface area (Å²) in [6, 6.07) is 7.74. The number of nitrogens with one attached hydrogen (secondary N) is 1. The van der Waals surface area contributed by atoms with E-state index in [1.165, 1.54) is 0 Å². The van der Waals surface area contributed by atoms with E-state index in [4.69, 9.17) is 4.98 Å². The molecular formula is C17H15N9. The third-order valence-corrected chi connectivity index (χ3v) is 4.33. The predicted octanol–water partition coefficient (Wildman–Crippen LogP) is 2.03. The molecule has 1 N–H and O–H groups in total. The van der Waals surface area contributed by atoms with Crippen LogP contribution in [0.1, 0.15) is 12.6 Å². The van der Waals surface area contributed by atoms with Crippen molar-refractivity contribution in [3.05, 3.63) is 48.5 Å². The maximum Gasteiger partial charge on any atom is 0.181 e. The van der Waals surface area contributed by atoms with Gasteiger partial charge < -0.3 is 0 Å². The number of nitrogens with zero attached hydrogens (tertiary/aromatic N) is 8. The fourth-order valence-electron chi connectivity index (χ4n) is 2.96. The maximum absolute atomic E-state index is 4.75. The number of hydrogen-bond acceptors (Lipinski definition) is 6. The molecule has 0 aromatic carbocycles. The molecule has 9 nitrogen and oxygen atoms in total. The zero-order valence-electron chi connectivity index (χ0n) is 14.0. The number of aryl methyl sites for hydroxylation is 1. The lowest BCUT2D eigenvalue weighted by molar-refractivity contribution is 0.653. The summed E-state index contributed by atoms with van der Waals surface area (Å²) in [4.78, 5) is 8.99. The zero-order chi connectivity index (χ0) is 17.5. The van der Waals surface area contributed by atoms with Crippen molar-refractivity contribution >= 4 is 22.2 Å². The van der Waals surface area contributed by atoms with Crippen LogP contribution in [0.5, 0.6) is 0 Å². The summed E-state index contributed by atoms with van der Waals surface area (Å²) in [5.41, 5.74) is 4.89. The molecule has 0 aliphatic heterocycles. The molecule has 9 heteroatoms. The van der Waals surface area contributed by atoms with Gasteiger partial charge in [0.05, 0.1) is 24.1 Å². The van der Waals surface area contributed by atoms with E-state index < -0.39 is 0 Å². The first-order chi connectivity index (χ1) is 12.8. The Morgan fingerprint density at radius 2 is 2.15 bits per heavy atom. The fourth-order valence-corrected chi connectivity index (χ4v) is 2.96. The molecule has 0 atom stereocenters. The smallest absolute Gasteiger partial charge is 0.181 e. The summed E-state index contributed by atoms with van der Waals surface area (Å²) < 4.78 is 3.64. The summed E-state index contributed by atoms with van der Waals surface area (Å²) in [5.74, 6) is 0. The van der Waals surface area contributed by atoms with Crippen LogP contribution in [0.3, 0.4) is 0 Å². The molecule has 0 amide bonds. The monoisotopic (exact) mass is 345 g/mol. The van der Waals surface area contributed by atoms with Gasteiger partial charge in [0.2, 0.25) is 0 Å². The highest BCUT2D eigenvalue weighted by atomic mass is 15.4. The molecule has 0 saturated heterocycles. The Balaban J connectivity index is 1.56. The maximum atomic E-state index is 4.75. The molecule has 0 saturated carbocycles. The number of H-pyrrole nitrogens is 1. The lowest BCUT2D eigenvalue weighted by Crippen LogP contribution is -2.04. The van der Waals surface area contributed by atoms with E-state index in [2.05, 4.69) is 37.5 Å². The average molecular weight is 345 g/mol. The van der Waals surface area contributed by atoms with Crippen LogP contribution in [-0.2, 0) is 13.1 Å². The van der Waals surface area contributed by atoms with Gasteiger partial charge in [-0.2, -0.15) is 10.2 Å². The number of rotatable bonds is 4. The molecule has 0 unspecified atom stereocenters. The van der Waals surface area contributed by atoms with Gasteiger partial charge in [0.25, 0.3) is 0 Å². The second-order valence-electron chi connectivity index (χ2n) is 5.95. The Hall–Kier alpha value is -3.62. The van der Waals surface area contributed by atoms with E-state index in [9.17, 15) is 0 Å². The van der Waals surface area contributed by atoms with Gasteiger partial charge in [-0.15, -0.1) is 5.10 Å². The Morgan fingerprint density at radius 1 is 1.19 bits per heavy atom. The highest BCUT2D eigenvalue weighted by Gasteiger charge is 2.13. The van der Waals surface area contributed by atoms with Crippen LogP contribution in [0.2, 0.25) is 0 Å². The summed E-state index contributed by atoms with van der Waals surface area (Å²) in [6.45, 7) is 3.36. The van der Waals surface area contributed by atoms with E-state index >= 15 is 0 Å². The molecule has 0 aliphatic rings. The van der Waals surface area contributed by atoms with Crippen molar-refractivity contribution in [1.82, 2.24) is 44.9 Å². The van der Waals surface area contributed by atoms with Gasteiger partial charge in [-0.25, -0.2) is 14.6 Å². The van der Waals surface area contributed by atoms with Gasteiger partial charge in [-0.05, 0) is 31.2 Å². The van der Waals surface area contributed by atoms with Crippen LogP contribution < -0.4 is 0 Å². The minimum absolute atomic E-state index is 0.489. The van der Waals surface area contributed by atoms with Crippen LogP contribution in [0, 0.1) is 0 Å². The molecule has 0 spiro atoms. The number of fused-ring (bicyclic) bond motifs is 2. The molecular weight excluding hydrogens is 330 g/mol. The van der Waals surface area contributed by atoms with Gasteiger partial charge >= 0.3 is 0 Å². The largest absolute Gasteiger partial charge is 0.278 e. The zero-order valence-corrected chi connectivity index (χ0v) is 14.0. The molecule has 0 fully saturated rings. The molecule has 0 bridgehead atoms. The third-order valence-electron chi connectivity index (χ3n) is 4.33. The van der Waals surface area contributed by atoms with E-state index in [0.29, 0.717) is 12.2 Å². The topological polar surface area (TPSA) is 103 Å².